The molecule has 0 radical (unpaired) electrons. The molecule has 3 rings (SSSR count). The van der Waals surface area contributed by atoms with Gasteiger partial charge < -0.3 is 14.4 Å². The average Bonchev–Trinajstić information content (AvgIpc) is 2.72. The van der Waals surface area contributed by atoms with Gasteiger partial charge in [-0.2, -0.15) is 0 Å². The summed E-state index contributed by atoms with van der Waals surface area (Å²) < 4.78 is 53.0. The van der Waals surface area contributed by atoms with E-state index in [1.54, 1.807) is 19.9 Å². The number of likely N-dealkylation sites (tertiary alicyclic amines) is 1. The first-order valence-electron chi connectivity index (χ1n) is 10.4. The molecule has 0 spiro atoms. The molecule has 1 fully saturated rings. The average molecular weight is 435 g/mol. The number of ether oxygens (including phenoxy) is 2. The number of alkyl halides is 1. The first-order valence-corrected chi connectivity index (χ1v) is 10.4. The van der Waals surface area contributed by atoms with Crippen molar-refractivity contribution < 1.29 is 27.4 Å². The fourth-order valence-corrected chi connectivity index (χ4v) is 3.83. The minimum atomic E-state index is -1.21. The number of methoxy groups -OCH3 is 1. The number of nitrogens with zero attached hydrogens (tertiary/aromatic N) is 1. The Morgan fingerprint density at radius 3 is 2.39 bits per heavy atom. The van der Waals surface area contributed by atoms with Crippen molar-refractivity contribution in [1.82, 2.24) is 4.90 Å². The molecule has 1 aliphatic heterocycles. The largest absolute Gasteiger partial charge is 0.490 e. The van der Waals surface area contributed by atoms with E-state index in [9.17, 15) is 18.0 Å². The Balaban J connectivity index is 1.59. The second-order valence-corrected chi connectivity index (χ2v) is 8.58. The SMILES string of the molecule is COC(=O)c1ccc(-c2ccc(OCC3CCN(CC(C)(C)F)CC3)c(F)c2)c(F)c1. The molecule has 0 aromatic heterocycles. The first-order chi connectivity index (χ1) is 14.7. The van der Waals surface area contributed by atoms with Gasteiger partial charge in [-0.05, 0) is 75.5 Å². The van der Waals surface area contributed by atoms with Crippen molar-refractivity contribution in [3.63, 3.8) is 0 Å². The molecule has 4 nitrogen and oxygen atoms in total. The topological polar surface area (TPSA) is 38.8 Å². The molecule has 1 aliphatic rings. The Morgan fingerprint density at radius 2 is 1.81 bits per heavy atom. The zero-order valence-electron chi connectivity index (χ0n) is 18.1. The highest BCUT2D eigenvalue weighted by atomic mass is 19.1. The quantitative estimate of drug-likeness (QED) is 0.557. The van der Waals surface area contributed by atoms with Gasteiger partial charge in [-0.3, -0.25) is 0 Å². The van der Waals surface area contributed by atoms with Crippen LogP contribution in [0.3, 0.4) is 0 Å². The summed E-state index contributed by atoms with van der Waals surface area (Å²) >= 11 is 0. The van der Waals surface area contributed by atoms with E-state index in [1.165, 1.54) is 31.4 Å². The molecule has 0 unspecified atom stereocenters. The monoisotopic (exact) mass is 435 g/mol. The summed E-state index contributed by atoms with van der Waals surface area (Å²) in [5.41, 5.74) is -0.597. The number of benzene rings is 2. The summed E-state index contributed by atoms with van der Waals surface area (Å²) in [5, 5.41) is 0. The smallest absolute Gasteiger partial charge is 0.337 e. The molecule has 1 heterocycles. The van der Waals surface area contributed by atoms with Crippen LogP contribution >= 0.6 is 0 Å². The van der Waals surface area contributed by atoms with Crippen LogP contribution in [-0.2, 0) is 4.74 Å². The summed E-state index contributed by atoms with van der Waals surface area (Å²) in [7, 11) is 1.22. The second kappa shape index (κ2) is 9.73. The zero-order valence-corrected chi connectivity index (χ0v) is 18.1. The summed E-state index contributed by atoms with van der Waals surface area (Å²) in [6.07, 6.45) is 1.74. The van der Waals surface area contributed by atoms with Gasteiger partial charge in [-0.25, -0.2) is 18.0 Å². The molecule has 0 atom stereocenters. The highest BCUT2D eigenvalue weighted by Crippen LogP contribution is 2.29. The fourth-order valence-electron chi connectivity index (χ4n) is 3.83. The number of halogens is 3. The molecule has 0 saturated carbocycles. The Hall–Kier alpha value is -2.54. The molecule has 0 amide bonds. The summed E-state index contributed by atoms with van der Waals surface area (Å²) in [5.74, 6) is -1.46. The maximum Gasteiger partial charge on any atom is 0.337 e. The predicted molar refractivity (Wildman–Crippen MR) is 113 cm³/mol. The molecule has 0 N–H and O–H groups in total. The molecule has 1 saturated heterocycles. The van der Waals surface area contributed by atoms with E-state index in [0.717, 1.165) is 32.0 Å². The number of hydrogen-bond donors (Lipinski definition) is 0. The van der Waals surface area contributed by atoms with E-state index >= 15 is 0 Å². The van der Waals surface area contributed by atoms with Crippen LogP contribution in [0.25, 0.3) is 11.1 Å². The lowest BCUT2D eigenvalue weighted by Crippen LogP contribution is -2.41. The molecule has 0 bridgehead atoms. The fraction of sp³-hybridized carbons (Fsp3) is 0.458. The molecule has 0 aliphatic carbocycles. The van der Waals surface area contributed by atoms with Crippen molar-refractivity contribution in [2.45, 2.75) is 32.4 Å². The Bertz CT molecular complexity index is 919. The van der Waals surface area contributed by atoms with Gasteiger partial charge in [-0.15, -0.1) is 0 Å². The van der Waals surface area contributed by atoms with E-state index in [1.807, 2.05) is 0 Å². The normalized spacial score (nSPS) is 15.7. The Morgan fingerprint density at radius 1 is 1.10 bits per heavy atom. The van der Waals surface area contributed by atoms with Crippen molar-refractivity contribution in [3.05, 3.63) is 53.6 Å². The maximum absolute atomic E-state index is 14.6. The maximum atomic E-state index is 14.6. The summed E-state index contributed by atoms with van der Waals surface area (Å²) in [4.78, 5) is 13.6. The molecule has 31 heavy (non-hydrogen) atoms. The summed E-state index contributed by atoms with van der Waals surface area (Å²) in [6, 6.07) is 8.21. The minimum absolute atomic E-state index is 0.0882. The van der Waals surface area contributed by atoms with Crippen LogP contribution in [0.1, 0.15) is 37.0 Å². The van der Waals surface area contributed by atoms with Gasteiger partial charge in [0.25, 0.3) is 0 Å². The van der Waals surface area contributed by atoms with Gasteiger partial charge in [0.05, 0.1) is 19.3 Å². The first kappa shape index (κ1) is 23.1. The van der Waals surface area contributed by atoms with Crippen molar-refractivity contribution >= 4 is 5.97 Å². The van der Waals surface area contributed by atoms with E-state index in [-0.39, 0.29) is 22.8 Å². The third-order valence-electron chi connectivity index (χ3n) is 5.41. The number of esters is 1. The molecular formula is C24H28F3NO3. The second-order valence-electron chi connectivity index (χ2n) is 8.58. The summed E-state index contributed by atoms with van der Waals surface area (Å²) in [6.45, 7) is 5.54. The lowest BCUT2D eigenvalue weighted by atomic mass is 9.96. The van der Waals surface area contributed by atoms with Gasteiger partial charge in [0.2, 0.25) is 0 Å². The standard InChI is InChI=1S/C24H28F3NO3/c1-24(2,27)15-28-10-8-16(9-11-28)14-31-22-7-5-17(12-21(22)26)19-6-4-18(13-20(19)25)23(29)30-3/h4-7,12-13,16H,8-11,14-15H2,1-3H3. The number of carbonyl (C=O) groups excluding carboxylic acids is 1. The van der Waals surface area contributed by atoms with Gasteiger partial charge in [0.15, 0.2) is 11.6 Å². The molecule has 2 aromatic rings. The Kier molecular flexibility index (Phi) is 7.26. The van der Waals surface area contributed by atoms with Crippen LogP contribution in [0.15, 0.2) is 36.4 Å². The zero-order chi connectivity index (χ0) is 22.6. The highest BCUT2D eigenvalue weighted by molar-refractivity contribution is 5.90. The lowest BCUT2D eigenvalue weighted by Gasteiger charge is -2.34. The van der Waals surface area contributed by atoms with Gasteiger partial charge in [0.1, 0.15) is 11.5 Å². The molecule has 7 heteroatoms. The number of carbonyl (C=O) groups is 1. The lowest BCUT2D eigenvalue weighted by molar-refractivity contribution is 0.0600. The van der Waals surface area contributed by atoms with Crippen LogP contribution in [0.2, 0.25) is 0 Å². The molecule has 2 aromatic carbocycles. The van der Waals surface area contributed by atoms with E-state index in [0.29, 0.717) is 18.7 Å². The third kappa shape index (κ3) is 6.23. The number of piperidine rings is 1. The van der Waals surface area contributed by atoms with E-state index in [4.69, 9.17) is 4.74 Å². The predicted octanol–water partition coefficient (Wildman–Crippen LogP) is 5.26. The third-order valence-corrected chi connectivity index (χ3v) is 5.41. The number of rotatable bonds is 7. The number of hydrogen-bond acceptors (Lipinski definition) is 4. The van der Waals surface area contributed by atoms with Crippen LogP contribution < -0.4 is 4.74 Å². The van der Waals surface area contributed by atoms with Gasteiger partial charge >= 0.3 is 5.97 Å². The van der Waals surface area contributed by atoms with Crippen LogP contribution in [0.4, 0.5) is 13.2 Å². The highest BCUT2D eigenvalue weighted by Gasteiger charge is 2.25. The minimum Gasteiger partial charge on any atom is -0.490 e. The van der Waals surface area contributed by atoms with Crippen molar-refractivity contribution in [2.75, 3.05) is 33.4 Å². The van der Waals surface area contributed by atoms with Crippen LogP contribution in [0, 0.1) is 17.6 Å². The van der Waals surface area contributed by atoms with Crippen LogP contribution in [0.5, 0.6) is 5.75 Å². The van der Waals surface area contributed by atoms with Crippen molar-refractivity contribution in [1.29, 1.82) is 0 Å². The van der Waals surface area contributed by atoms with Gasteiger partial charge in [0, 0.05) is 12.1 Å². The Labute approximate surface area is 181 Å². The molecule has 168 valence electrons. The van der Waals surface area contributed by atoms with Crippen molar-refractivity contribution in [2.24, 2.45) is 5.92 Å². The van der Waals surface area contributed by atoms with E-state index in [2.05, 4.69) is 9.64 Å². The van der Waals surface area contributed by atoms with E-state index < -0.39 is 23.3 Å². The molecular weight excluding hydrogens is 407 g/mol. The van der Waals surface area contributed by atoms with Gasteiger partial charge in [-0.1, -0.05) is 12.1 Å². The van der Waals surface area contributed by atoms with Crippen molar-refractivity contribution in [3.8, 4) is 16.9 Å². The van der Waals surface area contributed by atoms with Crippen LogP contribution in [-0.4, -0.2) is 49.9 Å².